The first-order valence-corrected chi connectivity index (χ1v) is 6.15. The zero-order valence-corrected chi connectivity index (χ0v) is 11.8. The van der Waals surface area contributed by atoms with Gasteiger partial charge < -0.3 is 0 Å². The fourth-order valence-electron chi connectivity index (χ4n) is 1.35. The molecule has 18 heavy (non-hydrogen) atoms. The molecule has 0 aliphatic heterocycles. The minimum absolute atomic E-state index is 0.155. The molecule has 0 atom stereocenters. The Morgan fingerprint density at radius 1 is 1.00 bits per heavy atom. The molecule has 0 unspecified atom stereocenters. The molecule has 6 nitrogen and oxygen atoms in total. The van der Waals surface area contributed by atoms with E-state index >= 15 is 0 Å². The molecule has 0 rings (SSSR count). The molecule has 2 amide bonds. The fraction of sp³-hybridized carbons (Fsp3) is 0.833. The highest BCUT2D eigenvalue weighted by Crippen LogP contribution is 2.24. The van der Waals surface area contributed by atoms with Crippen LogP contribution in [-0.2, 0) is 19.3 Å². The van der Waals surface area contributed by atoms with Gasteiger partial charge in [-0.3, -0.25) is 19.3 Å². The number of rotatable bonds is 7. The van der Waals surface area contributed by atoms with Gasteiger partial charge in [-0.05, 0) is 25.7 Å². The Balaban J connectivity index is 4.60. The third-order valence-electron chi connectivity index (χ3n) is 2.08. The standard InChI is InChI=1S/C12H24N2O4/c1-6-17-13-10(15)9(8-12(3,4)5)11(16)14-18-7-2/h9H,6-8H2,1-5H3,(H,13,15)(H,14,16). The number of hydrogen-bond acceptors (Lipinski definition) is 4. The number of hydroxylamine groups is 2. The van der Waals surface area contributed by atoms with E-state index in [0.717, 1.165) is 0 Å². The van der Waals surface area contributed by atoms with Crippen molar-refractivity contribution in [3.05, 3.63) is 0 Å². The molecule has 2 N–H and O–H groups in total. The lowest BCUT2D eigenvalue weighted by Crippen LogP contribution is -2.43. The van der Waals surface area contributed by atoms with Crippen LogP contribution in [0, 0.1) is 11.3 Å². The lowest BCUT2D eigenvalue weighted by atomic mass is 9.84. The molecule has 6 heteroatoms. The maximum atomic E-state index is 11.8. The summed E-state index contributed by atoms with van der Waals surface area (Å²) in [5, 5.41) is 0. The maximum absolute atomic E-state index is 11.8. The SMILES string of the molecule is CCONC(=O)C(CC(C)(C)C)C(=O)NOCC. The molecule has 0 saturated carbocycles. The van der Waals surface area contributed by atoms with Crippen molar-refractivity contribution in [1.29, 1.82) is 0 Å². The fourth-order valence-corrected chi connectivity index (χ4v) is 1.35. The molecule has 0 aromatic rings. The lowest BCUT2D eigenvalue weighted by Gasteiger charge is -2.24. The van der Waals surface area contributed by atoms with Gasteiger partial charge in [0.1, 0.15) is 5.92 Å². The molecule has 0 heterocycles. The molecule has 0 aromatic carbocycles. The highest BCUT2D eigenvalue weighted by molar-refractivity contribution is 5.99. The van der Waals surface area contributed by atoms with Gasteiger partial charge in [-0.2, -0.15) is 0 Å². The predicted octanol–water partition coefficient (Wildman–Crippen LogP) is 1.17. The molecule has 0 aromatic heterocycles. The molecule has 0 radical (unpaired) electrons. The van der Waals surface area contributed by atoms with Crippen LogP contribution in [0.3, 0.4) is 0 Å². The van der Waals surface area contributed by atoms with E-state index in [-0.39, 0.29) is 5.41 Å². The summed E-state index contributed by atoms with van der Waals surface area (Å²) in [5.41, 5.74) is 4.36. The minimum Gasteiger partial charge on any atom is -0.274 e. The van der Waals surface area contributed by atoms with Crippen molar-refractivity contribution >= 4 is 11.8 Å². The van der Waals surface area contributed by atoms with Crippen LogP contribution >= 0.6 is 0 Å². The second-order valence-corrected chi connectivity index (χ2v) is 5.12. The molecule has 0 fully saturated rings. The predicted molar refractivity (Wildman–Crippen MR) is 67.1 cm³/mol. The Kier molecular flexibility index (Phi) is 7.54. The van der Waals surface area contributed by atoms with Crippen LogP contribution in [0.5, 0.6) is 0 Å². The largest absolute Gasteiger partial charge is 0.274 e. The summed E-state index contributed by atoms with van der Waals surface area (Å²) in [6, 6.07) is 0. The van der Waals surface area contributed by atoms with Gasteiger partial charge >= 0.3 is 0 Å². The minimum atomic E-state index is -0.830. The van der Waals surface area contributed by atoms with Crippen LogP contribution < -0.4 is 11.0 Å². The maximum Gasteiger partial charge on any atom is 0.256 e. The van der Waals surface area contributed by atoms with Crippen molar-refractivity contribution in [2.75, 3.05) is 13.2 Å². The first-order valence-electron chi connectivity index (χ1n) is 6.15. The van der Waals surface area contributed by atoms with Gasteiger partial charge in [0, 0.05) is 0 Å². The van der Waals surface area contributed by atoms with E-state index in [1.807, 2.05) is 20.8 Å². The highest BCUT2D eigenvalue weighted by Gasteiger charge is 2.31. The van der Waals surface area contributed by atoms with Crippen LogP contribution in [-0.4, -0.2) is 25.0 Å². The average molecular weight is 260 g/mol. The first-order chi connectivity index (χ1) is 8.31. The number of hydrogen-bond donors (Lipinski definition) is 2. The zero-order chi connectivity index (χ0) is 14.2. The summed E-state index contributed by atoms with van der Waals surface area (Å²) in [6.07, 6.45) is 0.408. The molecular weight excluding hydrogens is 236 g/mol. The number of amides is 2. The van der Waals surface area contributed by atoms with E-state index in [4.69, 9.17) is 9.68 Å². The van der Waals surface area contributed by atoms with Crippen LogP contribution in [0.1, 0.15) is 41.0 Å². The topological polar surface area (TPSA) is 76.7 Å². The highest BCUT2D eigenvalue weighted by atomic mass is 16.7. The summed E-state index contributed by atoms with van der Waals surface area (Å²) in [6.45, 7) is 10.1. The Morgan fingerprint density at radius 3 is 1.67 bits per heavy atom. The van der Waals surface area contributed by atoms with E-state index in [1.165, 1.54) is 0 Å². The number of carbonyl (C=O) groups excluding carboxylic acids is 2. The average Bonchev–Trinajstić information content (AvgIpc) is 2.28. The van der Waals surface area contributed by atoms with Crippen LogP contribution in [0.15, 0.2) is 0 Å². The summed E-state index contributed by atoms with van der Waals surface area (Å²) >= 11 is 0. The smallest absolute Gasteiger partial charge is 0.256 e. The van der Waals surface area contributed by atoms with Crippen molar-refractivity contribution in [2.45, 2.75) is 41.0 Å². The van der Waals surface area contributed by atoms with E-state index in [2.05, 4.69) is 11.0 Å². The van der Waals surface area contributed by atoms with Crippen molar-refractivity contribution in [2.24, 2.45) is 11.3 Å². The van der Waals surface area contributed by atoms with Crippen molar-refractivity contribution in [1.82, 2.24) is 11.0 Å². The van der Waals surface area contributed by atoms with Gasteiger partial charge in [-0.15, -0.1) is 0 Å². The van der Waals surface area contributed by atoms with Gasteiger partial charge in [-0.1, -0.05) is 20.8 Å². The monoisotopic (exact) mass is 260 g/mol. The zero-order valence-electron chi connectivity index (χ0n) is 11.8. The van der Waals surface area contributed by atoms with Gasteiger partial charge in [-0.25, -0.2) is 11.0 Å². The van der Waals surface area contributed by atoms with Crippen LogP contribution in [0.4, 0.5) is 0 Å². The summed E-state index contributed by atoms with van der Waals surface area (Å²) in [7, 11) is 0. The van der Waals surface area contributed by atoms with Crippen LogP contribution in [0.25, 0.3) is 0 Å². The molecular formula is C12H24N2O4. The van der Waals surface area contributed by atoms with Gasteiger partial charge in [0.05, 0.1) is 13.2 Å². The second-order valence-electron chi connectivity index (χ2n) is 5.12. The van der Waals surface area contributed by atoms with Gasteiger partial charge in [0.25, 0.3) is 11.8 Å². The van der Waals surface area contributed by atoms with E-state index in [9.17, 15) is 9.59 Å². The Morgan fingerprint density at radius 2 is 1.39 bits per heavy atom. The number of nitrogens with one attached hydrogen (secondary N) is 2. The number of carbonyl (C=O) groups is 2. The summed E-state index contributed by atoms with van der Waals surface area (Å²) in [5.74, 6) is -1.74. The van der Waals surface area contributed by atoms with Gasteiger partial charge in [0.15, 0.2) is 0 Å². The van der Waals surface area contributed by atoms with Crippen LogP contribution in [0.2, 0.25) is 0 Å². The molecule has 0 bridgehead atoms. The molecule has 0 aliphatic carbocycles. The lowest BCUT2D eigenvalue weighted by molar-refractivity contribution is -0.150. The second kappa shape index (κ2) is 8.05. The normalized spacial score (nSPS) is 11.4. The van der Waals surface area contributed by atoms with E-state index in [0.29, 0.717) is 19.6 Å². The van der Waals surface area contributed by atoms with Crippen molar-refractivity contribution in [3.8, 4) is 0 Å². The molecule has 106 valence electrons. The Bertz CT molecular complexity index is 254. The van der Waals surface area contributed by atoms with Gasteiger partial charge in [0.2, 0.25) is 0 Å². The molecule has 0 aliphatic rings. The Hall–Kier alpha value is -1.14. The quantitative estimate of drug-likeness (QED) is 0.532. The summed E-state index contributed by atoms with van der Waals surface area (Å²) < 4.78 is 0. The Labute approximate surface area is 108 Å². The molecule has 0 spiro atoms. The summed E-state index contributed by atoms with van der Waals surface area (Å²) in [4.78, 5) is 33.3. The van der Waals surface area contributed by atoms with E-state index in [1.54, 1.807) is 13.8 Å². The van der Waals surface area contributed by atoms with Crippen molar-refractivity contribution < 1.29 is 19.3 Å². The first kappa shape index (κ1) is 16.9. The van der Waals surface area contributed by atoms with Crippen molar-refractivity contribution in [3.63, 3.8) is 0 Å². The van der Waals surface area contributed by atoms with E-state index < -0.39 is 17.7 Å². The third kappa shape index (κ3) is 7.24. The third-order valence-corrected chi connectivity index (χ3v) is 2.08. The molecule has 0 saturated heterocycles.